The molecule has 1 aromatic carbocycles. The summed E-state index contributed by atoms with van der Waals surface area (Å²) in [4.78, 5) is 20.6. The number of nitrogens with one attached hydrogen (secondary N) is 1. The first-order valence-corrected chi connectivity index (χ1v) is 13.6. The molecule has 0 bridgehead atoms. The van der Waals surface area contributed by atoms with E-state index in [9.17, 15) is 17.6 Å². The van der Waals surface area contributed by atoms with E-state index in [1.807, 2.05) is 5.38 Å². The number of halogens is 1. The van der Waals surface area contributed by atoms with Gasteiger partial charge in [0.25, 0.3) is 5.19 Å². The average Bonchev–Trinajstić information content (AvgIpc) is 3.33. The Morgan fingerprint density at radius 1 is 1.15 bits per heavy atom. The van der Waals surface area contributed by atoms with Crippen molar-refractivity contribution >= 4 is 27.3 Å². The van der Waals surface area contributed by atoms with Gasteiger partial charge in [-0.1, -0.05) is 23.5 Å². The summed E-state index contributed by atoms with van der Waals surface area (Å²) in [5.41, 5.74) is 0. The molecule has 0 unspecified atom stereocenters. The molecule has 33 heavy (non-hydrogen) atoms. The van der Waals surface area contributed by atoms with Crippen molar-refractivity contribution in [2.75, 3.05) is 32.7 Å². The molecule has 0 aliphatic carbocycles. The van der Waals surface area contributed by atoms with E-state index in [1.54, 1.807) is 11.1 Å². The van der Waals surface area contributed by atoms with Crippen LogP contribution in [0.4, 0.5) is 4.39 Å². The third kappa shape index (κ3) is 6.28. The average molecular weight is 497 g/mol. The van der Waals surface area contributed by atoms with E-state index >= 15 is 0 Å². The van der Waals surface area contributed by atoms with Crippen LogP contribution in [0.15, 0.2) is 40.7 Å². The van der Waals surface area contributed by atoms with Gasteiger partial charge in [-0.2, -0.15) is 0 Å². The summed E-state index contributed by atoms with van der Waals surface area (Å²) < 4.78 is 46.5. The van der Waals surface area contributed by atoms with Gasteiger partial charge in [0, 0.05) is 56.8 Å². The van der Waals surface area contributed by atoms with Crippen LogP contribution < -0.4 is 9.46 Å². The lowest BCUT2D eigenvalue weighted by molar-refractivity contribution is -0.132. The Morgan fingerprint density at radius 2 is 1.88 bits per heavy atom. The summed E-state index contributed by atoms with van der Waals surface area (Å²) in [6, 6.07) is 5.65. The van der Waals surface area contributed by atoms with E-state index in [1.165, 1.54) is 29.5 Å². The molecule has 2 fully saturated rings. The van der Waals surface area contributed by atoms with Crippen molar-refractivity contribution in [3.63, 3.8) is 0 Å². The lowest BCUT2D eigenvalue weighted by atomic mass is 9.98. The maximum Gasteiger partial charge on any atom is 0.273 e. The molecule has 2 saturated heterocycles. The Morgan fingerprint density at radius 3 is 2.55 bits per heavy atom. The predicted octanol–water partition coefficient (Wildman–Crippen LogP) is 2.49. The number of carbonyl (C=O) groups excluding carboxylic acids is 1. The number of sulfonamides is 1. The van der Waals surface area contributed by atoms with Gasteiger partial charge >= 0.3 is 0 Å². The number of piperidine rings is 2. The van der Waals surface area contributed by atoms with Gasteiger partial charge < -0.3 is 9.64 Å². The summed E-state index contributed by atoms with van der Waals surface area (Å²) in [7, 11) is -3.98. The fourth-order valence-corrected chi connectivity index (χ4v) is 6.10. The van der Waals surface area contributed by atoms with Crippen molar-refractivity contribution in [1.29, 1.82) is 0 Å². The minimum absolute atomic E-state index is 0.0534. The van der Waals surface area contributed by atoms with E-state index in [4.69, 9.17) is 4.74 Å². The van der Waals surface area contributed by atoms with Crippen molar-refractivity contribution in [3.05, 3.63) is 41.7 Å². The number of amides is 1. The summed E-state index contributed by atoms with van der Waals surface area (Å²) in [5.74, 6) is -0.891. The Balaban J connectivity index is 1.16. The van der Waals surface area contributed by atoms with Gasteiger partial charge in [0.2, 0.25) is 15.9 Å². The highest BCUT2D eigenvalue weighted by Crippen LogP contribution is 2.25. The lowest BCUT2D eigenvalue weighted by Crippen LogP contribution is -2.50. The van der Waals surface area contributed by atoms with Crippen LogP contribution >= 0.6 is 11.3 Å². The number of ether oxygens (including phenoxy) is 1. The first kappa shape index (κ1) is 24.1. The lowest BCUT2D eigenvalue weighted by Gasteiger charge is -2.41. The first-order valence-electron chi connectivity index (χ1n) is 11.2. The molecule has 0 radical (unpaired) electrons. The number of benzene rings is 1. The number of thiazole rings is 1. The molecule has 1 aromatic heterocycles. The van der Waals surface area contributed by atoms with Crippen LogP contribution in [0.25, 0.3) is 0 Å². The highest BCUT2D eigenvalue weighted by atomic mass is 32.2. The number of hydrogen-bond acceptors (Lipinski definition) is 7. The Hall–Kier alpha value is -2.08. The fourth-order valence-electron chi connectivity index (χ4n) is 4.44. The molecule has 0 atom stereocenters. The van der Waals surface area contributed by atoms with Crippen molar-refractivity contribution in [2.24, 2.45) is 0 Å². The van der Waals surface area contributed by atoms with Gasteiger partial charge in [0.05, 0.1) is 0 Å². The zero-order valence-corrected chi connectivity index (χ0v) is 20.0. The molecule has 2 aromatic rings. The molecule has 2 aliphatic rings. The van der Waals surface area contributed by atoms with Crippen molar-refractivity contribution < 1.29 is 22.3 Å². The maximum absolute atomic E-state index is 13.8. The predicted molar refractivity (Wildman–Crippen MR) is 123 cm³/mol. The van der Waals surface area contributed by atoms with E-state index in [-0.39, 0.29) is 25.0 Å². The molecule has 4 rings (SSSR count). The second-order valence-corrected chi connectivity index (χ2v) is 10.9. The largest absolute Gasteiger partial charge is 0.467 e. The van der Waals surface area contributed by atoms with Crippen LogP contribution in [0.5, 0.6) is 5.19 Å². The van der Waals surface area contributed by atoms with Crippen LogP contribution in [0, 0.1) is 5.82 Å². The van der Waals surface area contributed by atoms with Crippen LogP contribution in [-0.2, 0) is 14.8 Å². The van der Waals surface area contributed by atoms with Crippen LogP contribution in [0.2, 0.25) is 0 Å². The first-order chi connectivity index (χ1) is 15.9. The smallest absolute Gasteiger partial charge is 0.273 e. The van der Waals surface area contributed by atoms with Crippen LogP contribution in [0.3, 0.4) is 0 Å². The third-order valence-electron chi connectivity index (χ3n) is 6.24. The zero-order chi connectivity index (χ0) is 23.3. The summed E-state index contributed by atoms with van der Waals surface area (Å²) in [6.45, 7) is 3.24. The van der Waals surface area contributed by atoms with Crippen molar-refractivity contribution in [2.45, 2.75) is 49.1 Å². The molecule has 8 nitrogen and oxygen atoms in total. The van der Waals surface area contributed by atoms with Crippen LogP contribution in [0.1, 0.15) is 32.1 Å². The van der Waals surface area contributed by atoms with Crippen molar-refractivity contribution in [1.82, 2.24) is 19.5 Å². The Bertz CT molecular complexity index is 1020. The summed E-state index contributed by atoms with van der Waals surface area (Å²) >= 11 is 1.52. The molecular weight excluding hydrogens is 467 g/mol. The van der Waals surface area contributed by atoms with E-state index in [0.717, 1.165) is 50.0 Å². The highest BCUT2D eigenvalue weighted by molar-refractivity contribution is 7.89. The second kappa shape index (κ2) is 10.9. The Kier molecular flexibility index (Phi) is 7.94. The monoisotopic (exact) mass is 496 g/mol. The normalized spacial score (nSPS) is 19.0. The van der Waals surface area contributed by atoms with Crippen molar-refractivity contribution in [3.8, 4) is 5.19 Å². The van der Waals surface area contributed by atoms with Gasteiger partial charge in [0.15, 0.2) is 0 Å². The number of nitrogens with zero attached hydrogens (tertiary/aromatic N) is 3. The number of aromatic nitrogens is 1. The number of carbonyl (C=O) groups is 1. The quantitative estimate of drug-likeness (QED) is 0.604. The maximum atomic E-state index is 13.8. The third-order valence-corrected chi connectivity index (χ3v) is 8.40. The van der Waals surface area contributed by atoms with Gasteiger partial charge in [-0.3, -0.25) is 9.69 Å². The Labute approximate surface area is 197 Å². The van der Waals surface area contributed by atoms with Gasteiger partial charge in [-0.25, -0.2) is 22.5 Å². The molecule has 0 spiro atoms. The zero-order valence-electron chi connectivity index (χ0n) is 18.4. The van der Waals surface area contributed by atoms with Gasteiger partial charge in [-0.15, -0.1) is 0 Å². The van der Waals surface area contributed by atoms with E-state index in [2.05, 4.69) is 14.6 Å². The topological polar surface area (TPSA) is 91.8 Å². The molecule has 3 heterocycles. The van der Waals surface area contributed by atoms with E-state index in [0.29, 0.717) is 19.1 Å². The second-order valence-electron chi connectivity index (χ2n) is 8.34. The molecular formula is C22H29FN4O4S2. The summed E-state index contributed by atoms with van der Waals surface area (Å²) in [6.07, 6.45) is 5.78. The SMILES string of the molecule is O=C(CCNS(=O)(=O)c1ccccc1F)N1CCC(N2CCC(Oc3nccs3)CC2)CC1. The minimum Gasteiger partial charge on any atom is -0.467 e. The standard InChI is InChI=1S/C22H29FN4O4S2/c23-19-3-1-2-4-20(19)33(29,30)25-10-5-21(28)27-12-6-17(7-13-27)26-14-8-18(9-15-26)31-22-24-11-16-32-22/h1-4,11,16-18,25H,5-10,12-15H2. The van der Waals surface area contributed by atoms with Gasteiger partial charge in [0.1, 0.15) is 16.8 Å². The van der Waals surface area contributed by atoms with Crippen LogP contribution in [-0.4, -0.2) is 74.0 Å². The number of rotatable bonds is 8. The molecule has 11 heteroatoms. The molecule has 0 saturated carbocycles. The number of likely N-dealkylation sites (tertiary alicyclic amines) is 2. The molecule has 2 aliphatic heterocycles. The van der Waals surface area contributed by atoms with Gasteiger partial charge in [-0.05, 0) is 37.8 Å². The molecule has 180 valence electrons. The highest BCUT2D eigenvalue weighted by Gasteiger charge is 2.30. The number of hydrogen-bond donors (Lipinski definition) is 1. The summed E-state index contributed by atoms with van der Waals surface area (Å²) in [5, 5.41) is 2.65. The molecule has 1 N–H and O–H groups in total. The molecule has 1 amide bonds. The minimum atomic E-state index is -3.98. The fraction of sp³-hybridized carbons (Fsp3) is 0.545. The van der Waals surface area contributed by atoms with E-state index < -0.39 is 20.7 Å².